The summed E-state index contributed by atoms with van der Waals surface area (Å²) >= 11 is 0. The summed E-state index contributed by atoms with van der Waals surface area (Å²) in [6.07, 6.45) is 16.4. The molecule has 0 aliphatic heterocycles. The van der Waals surface area contributed by atoms with E-state index < -0.39 is 0 Å². The molecule has 0 amide bonds. The zero-order valence-electron chi connectivity index (χ0n) is 22.7. The van der Waals surface area contributed by atoms with E-state index in [0.29, 0.717) is 46.3 Å². The van der Waals surface area contributed by atoms with Crippen LogP contribution in [0.2, 0.25) is 0 Å². The lowest BCUT2D eigenvalue weighted by Crippen LogP contribution is -2.62. The van der Waals surface area contributed by atoms with Gasteiger partial charge in [-0.2, -0.15) is 5.26 Å². The van der Waals surface area contributed by atoms with E-state index in [1.165, 1.54) is 51.4 Å². The molecular weight excluding hydrogens is 418 g/mol. The first-order valence-corrected chi connectivity index (χ1v) is 14.4. The number of nitriles is 1. The highest BCUT2D eigenvalue weighted by molar-refractivity contribution is 5.66. The number of carbonyl (C=O) groups excluding carboxylic acids is 1. The van der Waals surface area contributed by atoms with Crippen molar-refractivity contribution >= 4 is 5.97 Å². The smallest absolute Gasteiger partial charge is 0.302 e. The van der Waals surface area contributed by atoms with Gasteiger partial charge in [-0.25, -0.2) is 0 Å². The lowest BCUT2D eigenvalue weighted by molar-refractivity contribution is -0.213. The Morgan fingerprint density at radius 3 is 2.50 bits per heavy atom. The normalized spacial score (nSPS) is 46.7. The standard InChI is InChI=1S/C31H49NO2/c1-7-23-27-19-20(2)14-16-31(27,6)26-15-17-30(5)24(21(3)11-9-8-10-18-32)12-13-25(30)28(26)29(23)34-22(4)33/h8,10,20-21,23-29H,7,9,11-17,19H2,1-6H3/b10-8+/t20-,21-,23-,24-,25+,26+,27+,28+,29-,30-,31-/m1/s1. The summed E-state index contributed by atoms with van der Waals surface area (Å²) < 4.78 is 6.36. The maximum absolute atomic E-state index is 12.4. The van der Waals surface area contributed by atoms with Crippen molar-refractivity contribution in [1.82, 2.24) is 0 Å². The van der Waals surface area contributed by atoms with Crippen molar-refractivity contribution in [2.45, 2.75) is 112 Å². The molecule has 0 radical (unpaired) electrons. The molecule has 0 aromatic carbocycles. The molecule has 0 aromatic heterocycles. The van der Waals surface area contributed by atoms with Crippen molar-refractivity contribution in [3.05, 3.63) is 12.2 Å². The number of nitrogens with zero attached hydrogens (tertiary/aromatic N) is 1. The number of hydrogen-bond donors (Lipinski definition) is 0. The van der Waals surface area contributed by atoms with Crippen molar-refractivity contribution in [2.75, 3.05) is 0 Å². The predicted molar refractivity (Wildman–Crippen MR) is 138 cm³/mol. The monoisotopic (exact) mass is 467 g/mol. The Hall–Kier alpha value is -1.30. The van der Waals surface area contributed by atoms with Crippen LogP contribution in [0.5, 0.6) is 0 Å². The summed E-state index contributed by atoms with van der Waals surface area (Å²) in [5, 5.41) is 8.82. The molecule has 0 aromatic rings. The first kappa shape index (κ1) is 25.8. The van der Waals surface area contributed by atoms with E-state index in [9.17, 15) is 4.79 Å². The molecule has 4 fully saturated rings. The molecular formula is C31H49NO2. The van der Waals surface area contributed by atoms with Gasteiger partial charge in [-0.3, -0.25) is 4.79 Å². The number of fused-ring (bicyclic) bond motifs is 5. The van der Waals surface area contributed by atoms with Crippen LogP contribution in [0.25, 0.3) is 0 Å². The number of rotatable bonds is 6. The molecule has 190 valence electrons. The van der Waals surface area contributed by atoms with Gasteiger partial charge in [0, 0.05) is 18.9 Å². The molecule has 4 aliphatic carbocycles. The van der Waals surface area contributed by atoms with Crippen LogP contribution in [-0.2, 0) is 9.53 Å². The van der Waals surface area contributed by atoms with Crippen LogP contribution in [0, 0.1) is 69.5 Å². The van der Waals surface area contributed by atoms with Crippen LogP contribution in [0.3, 0.4) is 0 Å². The fraction of sp³-hybridized carbons (Fsp3) is 0.871. The quantitative estimate of drug-likeness (QED) is 0.294. The highest BCUT2D eigenvalue weighted by atomic mass is 16.5. The van der Waals surface area contributed by atoms with Gasteiger partial charge >= 0.3 is 5.97 Å². The summed E-state index contributed by atoms with van der Waals surface area (Å²) in [5.74, 6) is 5.23. The van der Waals surface area contributed by atoms with E-state index in [2.05, 4.69) is 40.7 Å². The molecule has 11 atom stereocenters. The molecule has 0 heterocycles. The van der Waals surface area contributed by atoms with Crippen molar-refractivity contribution in [3.8, 4) is 6.07 Å². The second kappa shape index (κ2) is 9.99. The molecule has 0 spiro atoms. The van der Waals surface area contributed by atoms with Gasteiger partial charge in [0.15, 0.2) is 0 Å². The number of allylic oxidation sites excluding steroid dienone is 2. The van der Waals surface area contributed by atoms with Gasteiger partial charge in [-0.15, -0.1) is 0 Å². The SMILES string of the molecule is CC[C@H]1[C@@H](OC(C)=O)[C@@H]2[C@H](CC[C@]3(C)[C@@H]([C@H](C)CC/C=C/C#N)CC[C@@H]23)[C@@]2(C)CC[C@@H](C)C[C@@H]12. The molecule has 4 aliphatic rings. The Kier molecular flexibility index (Phi) is 7.57. The van der Waals surface area contributed by atoms with Crippen LogP contribution in [0.4, 0.5) is 0 Å². The summed E-state index contributed by atoms with van der Waals surface area (Å²) in [6, 6.07) is 2.13. The third-order valence-electron chi connectivity index (χ3n) is 11.7. The van der Waals surface area contributed by atoms with Crippen LogP contribution >= 0.6 is 0 Å². The highest BCUT2D eigenvalue weighted by Crippen LogP contribution is 2.70. The van der Waals surface area contributed by atoms with Gasteiger partial charge in [0.05, 0.1) is 6.07 Å². The first-order chi connectivity index (χ1) is 16.2. The van der Waals surface area contributed by atoms with E-state index in [0.717, 1.165) is 24.7 Å². The van der Waals surface area contributed by atoms with E-state index in [4.69, 9.17) is 10.00 Å². The maximum atomic E-state index is 12.4. The largest absolute Gasteiger partial charge is 0.462 e. The van der Waals surface area contributed by atoms with E-state index in [-0.39, 0.29) is 12.1 Å². The summed E-state index contributed by atoms with van der Waals surface area (Å²) in [7, 11) is 0. The fourth-order valence-electron chi connectivity index (χ4n) is 10.2. The van der Waals surface area contributed by atoms with Crippen LogP contribution in [0.1, 0.15) is 106 Å². The Balaban J connectivity index is 1.65. The van der Waals surface area contributed by atoms with Gasteiger partial charge < -0.3 is 4.74 Å². The average Bonchev–Trinajstić information content (AvgIpc) is 3.14. The van der Waals surface area contributed by atoms with Crippen molar-refractivity contribution in [3.63, 3.8) is 0 Å². The Labute approximate surface area is 209 Å². The molecule has 0 unspecified atom stereocenters. The first-order valence-electron chi connectivity index (χ1n) is 14.4. The lowest BCUT2D eigenvalue weighted by atomic mass is 9.41. The van der Waals surface area contributed by atoms with Gasteiger partial charge in [-0.05, 0) is 110 Å². The molecule has 0 saturated heterocycles. The molecule has 3 heteroatoms. The molecule has 0 N–H and O–H groups in total. The molecule has 34 heavy (non-hydrogen) atoms. The topological polar surface area (TPSA) is 50.1 Å². The molecule has 4 rings (SSSR count). The minimum atomic E-state index is -0.0749. The Bertz CT molecular complexity index is 813. The van der Waals surface area contributed by atoms with Gasteiger partial charge in [0.1, 0.15) is 6.10 Å². The van der Waals surface area contributed by atoms with Crippen LogP contribution in [0.15, 0.2) is 12.2 Å². The minimum Gasteiger partial charge on any atom is -0.462 e. The fourth-order valence-corrected chi connectivity index (χ4v) is 10.2. The lowest BCUT2D eigenvalue weighted by Gasteiger charge is -2.65. The number of hydrogen-bond acceptors (Lipinski definition) is 3. The van der Waals surface area contributed by atoms with Gasteiger partial charge in [0.25, 0.3) is 0 Å². The van der Waals surface area contributed by atoms with Crippen molar-refractivity contribution < 1.29 is 9.53 Å². The minimum absolute atomic E-state index is 0.0749. The molecule has 0 bridgehead atoms. The molecule has 3 nitrogen and oxygen atoms in total. The molecule has 4 saturated carbocycles. The predicted octanol–water partition coefficient (Wildman–Crippen LogP) is 7.96. The Morgan fingerprint density at radius 2 is 1.82 bits per heavy atom. The van der Waals surface area contributed by atoms with Crippen molar-refractivity contribution in [2.24, 2.45) is 58.2 Å². The highest BCUT2D eigenvalue weighted by Gasteiger charge is 2.65. The third-order valence-corrected chi connectivity index (χ3v) is 11.7. The summed E-state index contributed by atoms with van der Waals surface area (Å²) in [5.41, 5.74) is 0.753. The zero-order chi connectivity index (χ0) is 24.7. The van der Waals surface area contributed by atoms with Crippen molar-refractivity contribution in [1.29, 1.82) is 5.26 Å². The Morgan fingerprint density at radius 1 is 1.12 bits per heavy atom. The number of carbonyl (C=O) groups is 1. The van der Waals surface area contributed by atoms with Gasteiger partial charge in [0.2, 0.25) is 0 Å². The van der Waals surface area contributed by atoms with Crippen LogP contribution < -0.4 is 0 Å². The second-order valence-electron chi connectivity index (χ2n) is 13.2. The summed E-state index contributed by atoms with van der Waals surface area (Å²) in [6.45, 7) is 14.1. The van der Waals surface area contributed by atoms with E-state index >= 15 is 0 Å². The van der Waals surface area contributed by atoms with Gasteiger partial charge in [-0.1, -0.05) is 47.1 Å². The number of esters is 1. The second-order valence-corrected chi connectivity index (χ2v) is 13.2. The number of ether oxygens (including phenoxy) is 1. The van der Waals surface area contributed by atoms with E-state index in [1.807, 2.05) is 6.08 Å². The summed E-state index contributed by atoms with van der Waals surface area (Å²) in [4.78, 5) is 12.4. The third kappa shape index (κ3) is 4.26. The van der Waals surface area contributed by atoms with E-state index in [1.54, 1.807) is 13.0 Å². The average molecular weight is 468 g/mol. The van der Waals surface area contributed by atoms with Crippen LogP contribution in [-0.4, -0.2) is 12.1 Å². The maximum Gasteiger partial charge on any atom is 0.302 e. The zero-order valence-corrected chi connectivity index (χ0v) is 22.7.